The summed E-state index contributed by atoms with van der Waals surface area (Å²) in [5, 5.41) is 2.09. The van der Waals surface area contributed by atoms with Gasteiger partial charge in [-0.15, -0.1) is 0 Å². The van der Waals surface area contributed by atoms with Crippen LogP contribution in [0.3, 0.4) is 0 Å². The Kier molecular flexibility index (Phi) is 6.59. The molecule has 0 saturated carbocycles. The number of piperazine rings is 1. The number of nitrogens with one attached hydrogen (secondary N) is 1. The van der Waals surface area contributed by atoms with Gasteiger partial charge < -0.3 is 19.0 Å². The molecule has 0 unspecified atom stereocenters. The minimum atomic E-state index is -0.308. The van der Waals surface area contributed by atoms with Crippen LogP contribution in [0.15, 0.2) is 57.9 Å². The van der Waals surface area contributed by atoms with Crippen LogP contribution in [-0.2, 0) is 11.2 Å². The molecule has 0 spiro atoms. The standard InChI is InChI=1S/C28H31N3O4/c1-19-6-8-22-25(17-27(32)35-26(22)15-19)31-13-11-30(12-14-31)10-4-3-5-21-18-29-24-9-7-20(16-23(21)24)28(33)34-2/h6-9,15-18,29H,3-5,10-14H2,1-2H3. The number of aromatic nitrogens is 1. The summed E-state index contributed by atoms with van der Waals surface area (Å²) in [5.74, 6) is -0.308. The number of carbonyl (C=O) groups is 1. The van der Waals surface area contributed by atoms with E-state index in [0.717, 1.165) is 79.5 Å². The van der Waals surface area contributed by atoms with E-state index in [4.69, 9.17) is 9.15 Å². The molecule has 35 heavy (non-hydrogen) atoms. The second-order valence-corrected chi connectivity index (χ2v) is 9.30. The largest absolute Gasteiger partial charge is 0.465 e. The number of hydrogen-bond donors (Lipinski definition) is 1. The van der Waals surface area contributed by atoms with Gasteiger partial charge in [-0.2, -0.15) is 0 Å². The van der Waals surface area contributed by atoms with Crippen molar-refractivity contribution in [2.75, 3.05) is 44.7 Å². The summed E-state index contributed by atoms with van der Waals surface area (Å²) in [6.45, 7) is 6.80. The lowest BCUT2D eigenvalue weighted by Gasteiger charge is -2.36. The summed E-state index contributed by atoms with van der Waals surface area (Å²) in [4.78, 5) is 32.1. The van der Waals surface area contributed by atoms with Crippen LogP contribution in [0.4, 0.5) is 5.69 Å². The third-order valence-electron chi connectivity index (χ3n) is 6.95. The molecular formula is C28H31N3O4. The summed E-state index contributed by atoms with van der Waals surface area (Å²) in [5.41, 5.74) is 5.28. The van der Waals surface area contributed by atoms with Gasteiger partial charge in [-0.1, -0.05) is 6.07 Å². The van der Waals surface area contributed by atoms with Gasteiger partial charge in [0.05, 0.1) is 18.4 Å². The fourth-order valence-corrected chi connectivity index (χ4v) is 5.01. The first kappa shape index (κ1) is 23.2. The molecule has 0 radical (unpaired) electrons. The molecule has 1 aliphatic heterocycles. The molecule has 4 aromatic rings. The third kappa shape index (κ3) is 4.95. The number of benzene rings is 2. The fourth-order valence-electron chi connectivity index (χ4n) is 5.01. The fraction of sp³-hybridized carbons (Fsp3) is 0.357. The molecule has 1 fully saturated rings. The van der Waals surface area contributed by atoms with Gasteiger partial charge in [0, 0.05) is 54.7 Å². The zero-order valence-electron chi connectivity index (χ0n) is 20.3. The predicted molar refractivity (Wildman–Crippen MR) is 138 cm³/mol. The van der Waals surface area contributed by atoms with E-state index in [1.807, 2.05) is 37.4 Å². The summed E-state index contributed by atoms with van der Waals surface area (Å²) >= 11 is 0. The molecule has 5 rings (SSSR count). The van der Waals surface area contributed by atoms with Gasteiger partial charge in [0.2, 0.25) is 0 Å². The molecule has 7 nitrogen and oxygen atoms in total. The number of rotatable bonds is 7. The zero-order valence-corrected chi connectivity index (χ0v) is 20.3. The SMILES string of the molecule is COC(=O)c1ccc2[nH]cc(CCCCN3CCN(c4cc(=O)oc5cc(C)ccc45)CC3)c2c1. The highest BCUT2D eigenvalue weighted by Gasteiger charge is 2.20. The highest BCUT2D eigenvalue weighted by Crippen LogP contribution is 2.27. The molecule has 3 heterocycles. The first-order valence-corrected chi connectivity index (χ1v) is 12.2. The molecule has 0 atom stereocenters. The van der Waals surface area contributed by atoms with Crippen molar-refractivity contribution in [3.8, 4) is 0 Å². The highest BCUT2D eigenvalue weighted by atomic mass is 16.5. The van der Waals surface area contributed by atoms with Crippen molar-refractivity contribution in [2.24, 2.45) is 0 Å². The Bertz CT molecular complexity index is 1410. The minimum absolute atomic E-state index is 0.295. The Labute approximate surface area is 204 Å². The number of nitrogens with zero attached hydrogens (tertiary/aromatic N) is 2. The van der Waals surface area contributed by atoms with Gasteiger partial charge in [0.15, 0.2) is 0 Å². The Morgan fingerprint density at radius 1 is 1.03 bits per heavy atom. The van der Waals surface area contributed by atoms with Gasteiger partial charge in [0.1, 0.15) is 5.58 Å². The second-order valence-electron chi connectivity index (χ2n) is 9.30. The van der Waals surface area contributed by atoms with E-state index in [2.05, 4.69) is 20.9 Å². The van der Waals surface area contributed by atoms with Crippen molar-refractivity contribution >= 4 is 33.5 Å². The number of unbranched alkanes of at least 4 members (excludes halogenated alkanes) is 1. The lowest BCUT2D eigenvalue weighted by molar-refractivity contribution is 0.0601. The number of aromatic amines is 1. The van der Waals surface area contributed by atoms with Gasteiger partial charge in [0.25, 0.3) is 0 Å². The maximum Gasteiger partial charge on any atom is 0.338 e. The average molecular weight is 474 g/mol. The average Bonchev–Trinajstić information content (AvgIpc) is 3.28. The molecular weight excluding hydrogens is 442 g/mol. The van der Waals surface area contributed by atoms with Crippen molar-refractivity contribution in [1.82, 2.24) is 9.88 Å². The van der Waals surface area contributed by atoms with E-state index >= 15 is 0 Å². The molecule has 2 aromatic heterocycles. The molecule has 7 heteroatoms. The van der Waals surface area contributed by atoms with Crippen LogP contribution in [0, 0.1) is 6.92 Å². The van der Waals surface area contributed by atoms with Crippen LogP contribution < -0.4 is 10.5 Å². The van der Waals surface area contributed by atoms with Gasteiger partial charge in [-0.05, 0) is 74.2 Å². The van der Waals surface area contributed by atoms with Crippen molar-refractivity contribution in [1.29, 1.82) is 0 Å². The third-order valence-corrected chi connectivity index (χ3v) is 6.95. The van der Waals surface area contributed by atoms with Crippen molar-refractivity contribution < 1.29 is 13.9 Å². The normalized spacial score (nSPS) is 14.6. The van der Waals surface area contributed by atoms with Gasteiger partial charge >= 0.3 is 11.6 Å². The molecule has 0 bridgehead atoms. The van der Waals surface area contributed by atoms with E-state index in [-0.39, 0.29) is 11.6 Å². The molecule has 2 aromatic carbocycles. The Balaban J connectivity index is 1.15. The smallest absolute Gasteiger partial charge is 0.338 e. The van der Waals surface area contributed by atoms with E-state index < -0.39 is 0 Å². The number of ether oxygens (including phenoxy) is 1. The van der Waals surface area contributed by atoms with Crippen molar-refractivity contribution in [3.05, 3.63) is 75.8 Å². The number of aryl methyl sites for hydroxylation is 2. The van der Waals surface area contributed by atoms with Crippen molar-refractivity contribution in [2.45, 2.75) is 26.2 Å². The van der Waals surface area contributed by atoms with Crippen LogP contribution in [0.1, 0.15) is 34.3 Å². The summed E-state index contributed by atoms with van der Waals surface area (Å²) in [6, 6.07) is 13.3. The molecule has 1 saturated heterocycles. The Morgan fingerprint density at radius 3 is 2.66 bits per heavy atom. The number of carbonyl (C=O) groups excluding carboxylic acids is 1. The van der Waals surface area contributed by atoms with Crippen LogP contribution in [0.2, 0.25) is 0 Å². The van der Waals surface area contributed by atoms with E-state index in [1.165, 1.54) is 12.7 Å². The second kappa shape index (κ2) is 9.96. The maximum atomic E-state index is 12.1. The van der Waals surface area contributed by atoms with Crippen LogP contribution in [-0.4, -0.2) is 55.7 Å². The number of methoxy groups -OCH3 is 1. The summed E-state index contributed by atoms with van der Waals surface area (Å²) in [7, 11) is 1.41. The van der Waals surface area contributed by atoms with E-state index in [1.54, 1.807) is 12.1 Å². The predicted octanol–water partition coefficient (Wildman–Crippen LogP) is 4.51. The minimum Gasteiger partial charge on any atom is -0.465 e. The maximum absolute atomic E-state index is 12.1. The molecule has 1 aliphatic rings. The molecule has 0 aliphatic carbocycles. The molecule has 0 amide bonds. The Hall–Kier alpha value is -3.58. The quantitative estimate of drug-likeness (QED) is 0.242. The number of esters is 1. The zero-order chi connectivity index (χ0) is 24.4. The number of fused-ring (bicyclic) bond motifs is 2. The Morgan fingerprint density at radius 2 is 1.86 bits per heavy atom. The van der Waals surface area contributed by atoms with E-state index in [0.29, 0.717) is 11.1 Å². The highest BCUT2D eigenvalue weighted by molar-refractivity contribution is 5.95. The summed E-state index contributed by atoms with van der Waals surface area (Å²) in [6.07, 6.45) is 5.21. The van der Waals surface area contributed by atoms with Gasteiger partial charge in [-0.3, -0.25) is 4.90 Å². The lowest BCUT2D eigenvalue weighted by atomic mass is 10.0. The van der Waals surface area contributed by atoms with Crippen LogP contribution in [0.25, 0.3) is 21.9 Å². The van der Waals surface area contributed by atoms with Gasteiger partial charge in [-0.25, -0.2) is 9.59 Å². The number of anilines is 1. The van der Waals surface area contributed by atoms with E-state index in [9.17, 15) is 9.59 Å². The molecule has 1 N–H and O–H groups in total. The topological polar surface area (TPSA) is 78.8 Å². The monoisotopic (exact) mass is 473 g/mol. The summed E-state index contributed by atoms with van der Waals surface area (Å²) < 4.78 is 10.3. The lowest BCUT2D eigenvalue weighted by Crippen LogP contribution is -2.46. The number of hydrogen-bond acceptors (Lipinski definition) is 6. The van der Waals surface area contributed by atoms with Crippen LogP contribution >= 0.6 is 0 Å². The van der Waals surface area contributed by atoms with Crippen LogP contribution in [0.5, 0.6) is 0 Å². The number of H-pyrrole nitrogens is 1. The molecule has 182 valence electrons. The first-order chi connectivity index (χ1) is 17.0. The van der Waals surface area contributed by atoms with Crippen molar-refractivity contribution in [3.63, 3.8) is 0 Å². The first-order valence-electron chi connectivity index (χ1n) is 12.2.